The molecule has 4 nitrogen and oxygen atoms in total. The molecule has 0 spiro atoms. The summed E-state index contributed by atoms with van der Waals surface area (Å²) >= 11 is 1.47. The van der Waals surface area contributed by atoms with E-state index in [2.05, 4.69) is 0 Å². The quantitative estimate of drug-likeness (QED) is 0.911. The molecule has 3 rings (SSSR count). The maximum atomic E-state index is 12.6. The van der Waals surface area contributed by atoms with E-state index in [1.807, 2.05) is 29.2 Å². The van der Waals surface area contributed by atoms with E-state index in [1.54, 1.807) is 0 Å². The molecule has 1 unspecified atom stereocenters. The Hall–Kier alpha value is -1.59. The molecule has 1 aliphatic rings. The normalized spacial score (nSPS) is 18.9. The summed E-state index contributed by atoms with van der Waals surface area (Å²) in [6.45, 7) is 1.68. The summed E-state index contributed by atoms with van der Waals surface area (Å²) in [5.74, 6) is 0.448. The van der Waals surface area contributed by atoms with Crippen molar-refractivity contribution in [3.05, 3.63) is 29.1 Å². The molecule has 0 aliphatic carbocycles. The van der Waals surface area contributed by atoms with E-state index in [0.29, 0.717) is 16.5 Å². The minimum atomic E-state index is 0.0316. The Labute approximate surface area is 121 Å². The Bertz CT molecular complexity index is 638. The molecule has 1 fully saturated rings. The van der Waals surface area contributed by atoms with Crippen molar-refractivity contribution < 1.29 is 9.90 Å². The van der Waals surface area contributed by atoms with Gasteiger partial charge in [0.2, 0.25) is 0 Å². The van der Waals surface area contributed by atoms with Gasteiger partial charge >= 0.3 is 0 Å². The van der Waals surface area contributed by atoms with E-state index < -0.39 is 0 Å². The van der Waals surface area contributed by atoms with Crippen LogP contribution < -0.4 is 5.73 Å². The molecule has 0 radical (unpaired) electrons. The van der Waals surface area contributed by atoms with Gasteiger partial charge in [0.25, 0.3) is 5.91 Å². The first-order valence-corrected chi connectivity index (χ1v) is 7.69. The summed E-state index contributed by atoms with van der Waals surface area (Å²) in [6, 6.07) is 7.84. The molecule has 1 atom stereocenters. The van der Waals surface area contributed by atoms with Crippen molar-refractivity contribution >= 4 is 33.0 Å². The van der Waals surface area contributed by atoms with Gasteiger partial charge in [-0.3, -0.25) is 4.79 Å². The number of likely N-dealkylation sites (tertiary alicyclic amines) is 1. The number of thiophene rings is 1. The van der Waals surface area contributed by atoms with Crippen molar-refractivity contribution in [1.29, 1.82) is 0 Å². The van der Waals surface area contributed by atoms with E-state index in [1.165, 1.54) is 11.3 Å². The number of carbonyl (C=O) groups is 1. The molecule has 1 aromatic carbocycles. The van der Waals surface area contributed by atoms with Crippen LogP contribution in [0, 0.1) is 5.92 Å². The van der Waals surface area contributed by atoms with E-state index in [0.717, 1.165) is 36.0 Å². The number of aliphatic hydroxyl groups excluding tert-OH is 1. The molecule has 2 heterocycles. The number of nitrogens with zero attached hydrogens (tertiary/aromatic N) is 1. The van der Waals surface area contributed by atoms with Crippen LogP contribution in [-0.2, 0) is 0 Å². The van der Waals surface area contributed by atoms with Gasteiger partial charge in [-0.15, -0.1) is 11.3 Å². The third kappa shape index (κ3) is 2.27. The van der Waals surface area contributed by atoms with E-state index >= 15 is 0 Å². The van der Waals surface area contributed by atoms with Gasteiger partial charge in [-0.1, -0.05) is 18.2 Å². The Morgan fingerprint density at radius 2 is 2.25 bits per heavy atom. The lowest BCUT2D eigenvalue weighted by atomic mass is 10.1. The van der Waals surface area contributed by atoms with E-state index in [-0.39, 0.29) is 12.5 Å². The Morgan fingerprint density at radius 1 is 1.45 bits per heavy atom. The van der Waals surface area contributed by atoms with Gasteiger partial charge < -0.3 is 15.7 Å². The Morgan fingerprint density at radius 3 is 3.00 bits per heavy atom. The maximum Gasteiger partial charge on any atom is 0.266 e. The molecule has 1 aromatic heterocycles. The van der Waals surface area contributed by atoms with Crippen molar-refractivity contribution in [2.45, 2.75) is 12.8 Å². The summed E-state index contributed by atoms with van der Waals surface area (Å²) in [4.78, 5) is 15.1. The Kier molecular flexibility index (Phi) is 3.63. The minimum Gasteiger partial charge on any atom is -0.397 e. The van der Waals surface area contributed by atoms with Crippen LogP contribution in [0.2, 0.25) is 0 Å². The fraction of sp³-hybridized carbons (Fsp3) is 0.400. The highest BCUT2D eigenvalue weighted by Gasteiger charge is 2.28. The molecule has 1 saturated heterocycles. The van der Waals surface area contributed by atoms with Gasteiger partial charge in [-0.05, 0) is 24.8 Å². The SMILES string of the molecule is Nc1c(C(=O)N2CCC(CCO)C2)sc2ccccc12. The van der Waals surface area contributed by atoms with Crippen LogP contribution >= 0.6 is 11.3 Å². The van der Waals surface area contributed by atoms with Crippen LogP contribution in [0.4, 0.5) is 5.69 Å². The average molecular weight is 290 g/mol. The fourth-order valence-electron chi connectivity index (χ4n) is 2.80. The second-order valence-corrected chi connectivity index (χ2v) is 6.31. The third-order valence-corrected chi connectivity index (χ3v) is 5.11. The van der Waals surface area contributed by atoms with E-state index in [9.17, 15) is 4.79 Å². The third-order valence-electron chi connectivity index (χ3n) is 3.94. The lowest BCUT2D eigenvalue weighted by Crippen LogP contribution is -2.28. The lowest BCUT2D eigenvalue weighted by Gasteiger charge is -2.15. The molecular formula is C15H18N2O2S. The second-order valence-electron chi connectivity index (χ2n) is 5.26. The second kappa shape index (κ2) is 5.42. The van der Waals surface area contributed by atoms with Crippen LogP contribution in [0.3, 0.4) is 0 Å². The van der Waals surface area contributed by atoms with Crippen molar-refractivity contribution in [2.24, 2.45) is 5.92 Å². The first-order chi connectivity index (χ1) is 9.70. The minimum absolute atomic E-state index is 0.0316. The molecule has 1 aliphatic heterocycles. The van der Waals surface area contributed by atoms with Crippen molar-refractivity contribution in [3.63, 3.8) is 0 Å². The molecule has 0 saturated carbocycles. The number of nitrogen functional groups attached to an aromatic ring is 1. The highest BCUT2D eigenvalue weighted by Crippen LogP contribution is 2.35. The summed E-state index contributed by atoms with van der Waals surface area (Å²) in [5, 5.41) is 9.95. The van der Waals surface area contributed by atoms with Crippen molar-refractivity contribution in [1.82, 2.24) is 4.90 Å². The molecule has 20 heavy (non-hydrogen) atoms. The van der Waals surface area contributed by atoms with Gasteiger partial charge in [-0.2, -0.15) is 0 Å². The van der Waals surface area contributed by atoms with Gasteiger partial charge in [-0.25, -0.2) is 0 Å². The monoisotopic (exact) mass is 290 g/mol. The summed E-state index contributed by atoms with van der Waals surface area (Å²) in [5.41, 5.74) is 6.72. The largest absolute Gasteiger partial charge is 0.397 e. The number of aliphatic hydroxyl groups is 1. The highest BCUT2D eigenvalue weighted by molar-refractivity contribution is 7.21. The summed E-state index contributed by atoms with van der Waals surface area (Å²) in [7, 11) is 0. The molecule has 1 amide bonds. The van der Waals surface area contributed by atoms with Crippen LogP contribution in [0.5, 0.6) is 0 Å². The number of nitrogens with two attached hydrogens (primary N) is 1. The first kappa shape index (κ1) is 13.4. The van der Waals surface area contributed by atoms with Gasteiger partial charge in [0.15, 0.2) is 0 Å². The zero-order valence-electron chi connectivity index (χ0n) is 11.2. The molecule has 3 N–H and O–H groups in total. The van der Waals surface area contributed by atoms with Crippen molar-refractivity contribution in [2.75, 3.05) is 25.4 Å². The molecule has 106 valence electrons. The topological polar surface area (TPSA) is 66.6 Å². The summed E-state index contributed by atoms with van der Waals surface area (Å²) in [6.07, 6.45) is 1.74. The standard InChI is InChI=1S/C15H18N2O2S/c16-13-11-3-1-2-4-12(11)20-14(13)15(19)17-7-5-10(9-17)6-8-18/h1-4,10,18H,5-9,16H2. The number of hydrogen-bond acceptors (Lipinski definition) is 4. The number of amides is 1. The Balaban J connectivity index is 1.84. The number of benzene rings is 1. The number of fused-ring (bicyclic) bond motifs is 1. The van der Waals surface area contributed by atoms with Crippen LogP contribution in [0.25, 0.3) is 10.1 Å². The number of hydrogen-bond donors (Lipinski definition) is 2. The van der Waals surface area contributed by atoms with Crippen molar-refractivity contribution in [3.8, 4) is 0 Å². The molecule has 5 heteroatoms. The first-order valence-electron chi connectivity index (χ1n) is 6.88. The number of anilines is 1. The molecule has 0 bridgehead atoms. The van der Waals surface area contributed by atoms with Crippen LogP contribution in [0.1, 0.15) is 22.5 Å². The van der Waals surface area contributed by atoms with E-state index in [4.69, 9.17) is 10.8 Å². The average Bonchev–Trinajstić information content (AvgIpc) is 3.05. The fourth-order valence-corrected chi connectivity index (χ4v) is 3.89. The van der Waals surface area contributed by atoms with Crippen LogP contribution in [-0.4, -0.2) is 35.6 Å². The lowest BCUT2D eigenvalue weighted by molar-refractivity contribution is 0.0790. The van der Waals surface area contributed by atoms with Gasteiger partial charge in [0.05, 0.1) is 5.69 Å². The predicted molar refractivity (Wildman–Crippen MR) is 82.0 cm³/mol. The highest BCUT2D eigenvalue weighted by atomic mass is 32.1. The predicted octanol–water partition coefficient (Wildman–Crippen LogP) is 2.33. The van der Waals surface area contributed by atoms with Gasteiger partial charge in [0, 0.05) is 29.8 Å². The summed E-state index contributed by atoms with van der Waals surface area (Å²) < 4.78 is 1.06. The van der Waals surface area contributed by atoms with Crippen LogP contribution in [0.15, 0.2) is 24.3 Å². The molecular weight excluding hydrogens is 272 g/mol. The number of carbonyl (C=O) groups excluding carboxylic acids is 1. The zero-order valence-corrected chi connectivity index (χ0v) is 12.0. The maximum absolute atomic E-state index is 12.6. The smallest absolute Gasteiger partial charge is 0.266 e. The molecule has 2 aromatic rings. The number of rotatable bonds is 3. The van der Waals surface area contributed by atoms with Gasteiger partial charge in [0.1, 0.15) is 4.88 Å². The zero-order chi connectivity index (χ0) is 14.1.